The molecule has 0 heterocycles. The summed E-state index contributed by atoms with van der Waals surface area (Å²) in [5.74, 6) is 0.885. The molecule has 27 heavy (non-hydrogen) atoms. The van der Waals surface area contributed by atoms with E-state index in [9.17, 15) is 4.39 Å². The summed E-state index contributed by atoms with van der Waals surface area (Å²) in [7, 11) is 3.40. The van der Waals surface area contributed by atoms with Crippen LogP contribution in [0.15, 0.2) is 53.5 Å². The van der Waals surface area contributed by atoms with Crippen molar-refractivity contribution in [3.63, 3.8) is 0 Å². The molecule has 1 unspecified atom stereocenters. The Morgan fingerprint density at radius 1 is 1.11 bits per heavy atom. The van der Waals surface area contributed by atoms with Crippen LogP contribution in [0.2, 0.25) is 0 Å². The van der Waals surface area contributed by atoms with Crippen LogP contribution in [0.1, 0.15) is 18.1 Å². The number of guanidine groups is 1. The van der Waals surface area contributed by atoms with Gasteiger partial charge in [-0.15, -0.1) is 24.0 Å². The molecule has 2 aromatic carbocycles. The summed E-state index contributed by atoms with van der Waals surface area (Å²) in [4.78, 5) is 4.20. The van der Waals surface area contributed by atoms with Crippen LogP contribution in [0, 0.1) is 5.82 Å². The van der Waals surface area contributed by atoms with Gasteiger partial charge >= 0.3 is 0 Å². The van der Waals surface area contributed by atoms with E-state index in [-0.39, 0.29) is 35.9 Å². The second kappa shape index (κ2) is 12.5. The zero-order chi connectivity index (χ0) is 18.8. The van der Waals surface area contributed by atoms with Gasteiger partial charge in [0.05, 0.1) is 13.2 Å². The first kappa shape index (κ1) is 23.2. The van der Waals surface area contributed by atoms with Crippen molar-refractivity contribution in [1.82, 2.24) is 10.6 Å². The summed E-state index contributed by atoms with van der Waals surface area (Å²) < 4.78 is 24.0. The number of nitrogens with zero attached hydrogens (tertiary/aromatic N) is 1. The normalized spacial score (nSPS) is 12.1. The maximum atomic E-state index is 13.2. The molecule has 2 aromatic rings. The molecule has 0 aromatic heterocycles. The van der Waals surface area contributed by atoms with E-state index in [1.807, 2.05) is 19.1 Å². The smallest absolute Gasteiger partial charge is 0.191 e. The van der Waals surface area contributed by atoms with Crippen LogP contribution in [-0.2, 0) is 17.9 Å². The molecule has 0 bridgehead atoms. The molecule has 0 saturated carbocycles. The lowest BCUT2D eigenvalue weighted by Gasteiger charge is -2.18. The van der Waals surface area contributed by atoms with E-state index in [1.54, 1.807) is 26.3 Å². The number of aliphatic imine (C=N–C) groups is 1. The highest BCUT2D eigenvalue weighted by molar-refractivity contribution is 14.0. The van der Waals surface area contributed by atoms with E-state index in [4.69, 9.17) is 9.47 Å². The minimum absolute atomic E-state index is 0. The van der Waals surface area contributed by atoms with Gasteiger partial charge in [0.25, 0.3) is 0 Å². The minimum Gasteiger partial charge on any atom is -0.489 e. The van der Waals surface area contributed by atoms with Crippen LogP contribution < -0.4 is 15.4 Å². The third-order valence-electron chi connectivity index (χ3n) is 3.71. The molecule has 0 saturated heterocycles. The Morgan fingerprint density at radius 3 is 2.44 bits per heavy atom. The quantitative estimate of drug-likeness (QED) is 0.339. The van der Waals surface area contributed by atoms with Gasteiger partial charge in [0.2, 0.25) is 0 Å². The molecule has 0 aliphatic heterocycles. The maximum Gasteiger partial charge on any atom is 0.191 e. The molecule has 0 amide bonds. The Balaban J connectivity index is 0.00000364. The zero-order valence-corrected chi connectivity index (χ0v) is 18.2. The first-order valence-electron chi connectivity index (χ1n) is 8.54. The Morgan fingerprint density at radius 2 is 1.81 bits per heavy atom. The predicted molar refractivity (Wildman–Crippen MR) is 117 cm³/mol. The van der Waals surface area contributed by atoms with E-state index in [0.29, 0.717) is 31.4 Å². The molecule has 7 heteroatoms. The van der Waals surface area contributed by atoms with Crippen molar-refractivity contribution < 1.29 is 13.9 Å². The third kappa shape index (κ3) is 8.57. The maximum absolute atomic E-state index is 13.2. The molecule has 0 spiro atoms. The van der Waals surface area contributed by atoms with E-state index in [1.165, 1.54) is 12.1 Å². The Labute approximate surface area is 177 Å². The van der Waals surface area contributed by atoms with Crippen molar-refractivity contribution in [2.24, 2.45) is 4.99 Å². The van der Waals surface area contributed by atoms with E-state index < -0.39 is 0 Å². The first-order valence-corrected chi connectivity index (χ1v) is 8.54. The molecule has 0 aliphatic rings. The topological polar surface area (TPSA) is 54.9 Å². The number of ether oxygens (including phenoxy) is 2. The second-order valence-corrected chi connectivity index (χ2v) is 5.94. The van der Waals surface area contributed by atoms with Crippen molar-refractivity contribution in [2.75, 3.05) is 20.7 Å². The van der Waals surface area contributed by atoms with Crippen molar-refractivity contribution in [2.45, 2.75) is 26.2 Å². The number of nitrogens with one attached hydrogen (secondary N) is 2. The Kier molecular flexibility index (Phi) is 10.7. The summed E-state index contributed by atoms with van der Waals surface area (Å²) in [6.07, 6.45) is -0.135. The van der Waals surface area contributed by atoms with Gasteiger partial charge in [-0.2, -0.15) is 0 Å². The van der Waals surface area contributed by atoms with Crippen LogP contribution in [0.4, 0.5) is 4.39 Å². The minimum atomic E-state index is -0.309. The molecular formula is C20H27FIN3O2. The van der Waals surface area contributed by atoms with Crippen molar-refractivity contribution >= 4 is 29.9 Å². The fourth-order valence-corrected chi connectivity index (χ4v) is 2.38. The van der Waals surface area contributed by atoms with Gasteiger partial charge in [-0.25, -0.2) is 4.39 Å². The molecule has 0 aliphatic carbocycles. The highest BCUT2D eigenvalue weighted by Crippen LogP contribution is 2.13. The fraction of sp³-hybridized carbons (Fsp3) is 0.350. The number of hydrogen-bond acceptors (Lipinski definition) is 3. The summed E-state index contributed by atoms with van der Waals surface area (Å²) in [5.41, 5.74) is 2.29. The van der Waals surface area contributed by atoms with E-state index in [2.05, 4.69) is 27.8 Å². The Hall–Kier alpha value is -1.87. The predicted octanol–water partition coefficient (Wildman–Crippen LogP) is 3.72. The highest BCUT2D eigenvalue weighted by atomic mass is 127. The van der Waals surface area contributed by atoms with Gasteiger partial charge in [0, 0.05) is 26.8 Å². The largest absolute Gasteiger partial charge is 0.489 e. The van der Waals surface area contributed by atoms with Gasteiger partial charge in [0.1, 0.15) is 17.7 Å². The summed E-state index contributed by atoms with van der Waals surface area (Å²) in [6, 6.07) is 14.3. The first-order chi connectivity index (χ1) is 12.6. The average Bonchev–Trinajstić information content (AvgIpc) is 2.63. The van der Waals surface area contributed by atoms with Crippen LogP contribution in [0.5, 0.6) is 5.75 Å². The highest BCUT2D eigenvalue weighted by Gasteiger charge is 2.06. The summed E-state index contributed by atoms with van der Waals surface area (Å²) in [6.45, 7) is 3.73. The van der Waals surface area contributed by atoms with Crippen molar-refractivity contribution in [3.8, 4) is 5.75 Å². The van der Waals surface area contributed by atoms with Gasteiger partial charge < -0.3 is 20.1 Å². The molecule has 0 fully saturated rings. The lowest BCUT2D eigenvalue weighted by atomic mass is 10.1. The van der Waals surface area contributed by atoms with Gasteiger partial charge in [-0.05, 0) is 30.2 Å². The van der Waals surface area contributed by atoms with Crippen LogP contribution in [0.3, 0.4) is 0 Å². The second-order valence-electron chi connectivity index (χ2n) is 5.94. The van der Waals surface area contributed by atoms with Gasteiger partial charge in [0.15, 0.2) is 5.96 Å². The summed E-state index contributed by atoms with van der Waals surface area (Å²) in [5, 5.41) is 6.46. The number of hydrogen-bond donors (Lipinski definition) is 2. The third-order valence-corrected chi connectivity index (χ3v) is 3.71. The number of rotatable bonds is 8. The molecular weight excluding hydrogens is 460 g/mol. The number of methoxy groups -OCH3 is 1. The zero-order valence-electron chi connectivity index (χ0n) is 15.9. The van der Waals surface area contributed by atoms with Crippen molar-refractivity contribution in [1.29, 1.82) is 0 Å². The van der Waals surface area contributed by atoms with Gasteiger partial charge in [-0.1, -0.05) is 30.3 Å². The average molecular weight is 487 g/mol. The molecule has 2 rings (SSSR count). The molecule has 0 radical (unpaired) electrons. The number of halogens is 2. The van der Waals surface area contributed by atoms with Crippen LogP contribution in [0.25, 0.3) is 0 Å². The number of benzene rings is 2. The molecule has 148 valence electrons. The molecule has 1 atom stereocenters. The van der Waals surface area contributed by atoms with Crippen LogP contribution in [-0.4, -0.2) is 32.8 Å². The van der Waals surface area contributed by atoms with E-state index in [0.717, 1.165) is 11.1 Å². The Bertz CT molecular complexity index is 711. The standard InChI is InChI=1S/C20H26FN3O2.HI/c1-15(26-19-6-4-5-18(21)11-19)12-23-20(22-2)24-13-16-7-9-17(10-8-16)14-25-3;/h4-11,15H,12-14H2,1-3H3,(H2,22,23,24);1H. The lowest BCUT2D eigenvalue weighted by molar-refractivity contribution is 0.185. The fourth-order valence-electron chi connectivity index (χ4n) is 2.38. The lowest BCUT2D eigenvalue weighted by Crippen LogP contribution is -2.41. The van der Waals surface area contributed by atoms with Crippen LogP contribution >= 0.6 is 24.0 Å². The van der Waals surface area contributed by atoms with Gasteiger partial charge in [-0.3, -0.25) is 4.99 Å². The molecule has 5 nitrogen and oxygen atoms in total. The molecule has 2 N–H and O–H groups in total. The van der Waals surface area contributed by atoms with E-state index >= 15 is 0 Å². The summed E-state index contributed by atoms with van der Waals surface area (Å²) >= 11 is 0. The van der Waals surface area contributed by atoms with Crippen molar-refractivity contribution in [3.05, 3.63) is 65.5 Å². The SMILES string of the molecule is CN=C(NCc1ccc(COC)cc1)NCC(C)Oc1cccc(F)c1.I. The monoisotopic (exact) mass is 487 g/mol.